The third-order valence-corrected chi connectivity index (χ3v) is 2.88. The molecule has 0 aliphatic heterocycles. The highest BCUT2D eigenvalue weighted by molar-refractivity contribution is 9.10. The van der Waals surface area contributed by atoms with Gasteiger partial charge < -0.3 is 15.0 Å². The normalized spacial score (nSPS) is 10.2. The maximum Gasteiger partial charge on any atom is 0.258 e. The van der Waals surface area contributed by atoms with Crippen LogP contribution in [0.2, 0.25) is 0 Å². The molecular formula is C12H11BrFN3O2. The molecule has 0 bridgehead atoms. The van der Waals surface area contributed by atoms with Crippen LogP contribution in [0.1, 0.15) is 5.82 Å². The van der Waals surface area contributed by atoms with Crippen molar-refractivity contribution >= 4 is 21.8 Å². The van der Waals surface area contributed by atoms with E-state index in [9.17, 15) is 9.18 Å². The second-order valence-electron chi connectivity index (χ2n) is 3.68. The number of imidazole rings is 1. The van der Waals surface area contributed by atoms with E-state index in [-0.39, 0.29) is 18.3 Å². The molecule has 1 aromatic carbocycles. The molecule has 1 amide bonds. The van der Waals surface area contributed by atoms with Gasteiger partial charge in [0.15, 0.2) is 6.61 Å². The van der Waals surface area contributed by atoms with Crippen molar-refractivity contribution < 1.29 is 13.9 Å². The highest BCUT2D eigenvalue weighted by Crippen LogP contribution is 2.25. The first-order valence-electron chi connectivity index (χ1n) is 5.48. The van der Waals surface area contributed by atoms with E-state index < -0.39 is 0 Å². The van der Waals surface area contributed by atoms with Gasteiger partial charge in [-0.25, -0.2) is 9.37 Å². The number of amides is 1. The lowest BCUT2D eigenvalue weighted by atomic mass is 10.3. The Balaban J connectivity index is 1.80. The van der Waals surface area contributed by atoms with Crippen LogP contribution >= 0.6 is 15.9 Å². The lowest BCUT2D eigenvalue weighted by Gasteiger charge is -2.08. The number of aromatic amines is 1. The summed E-state index contributed by atoms with van der Waals surface area (Å²) in [5, 5.41) is 2.64. The van der Waals surface area contributed by atoms with Gasteiger partial charge in [-0.2, -0.15) is 0 Å². The molecule has 0 aliphatic carbocycles. The largest absolute Gasteiger partial charge is 0.483 e. The predicted octanol–water partition coefficient (Wildman–Crippen LogP) is 2.01. The molecule has 0 saturated carbocycles. The highest BCUT2D eigenvalue weighted by atomic mass is 79.9. The number of halogens is 2. The third-order valence-electron chi connectivity index (χ3n) is 2.26. The van der Waals surface area contributed by atoms with Crippen molar-refractivity contribution in [1.29, 1.82) is 0 Å². The number of benzene rings is 1. The molecule has 0 saturated heterocycles. The molecule has 100 valence electrons. The Bertz CT molecular complexity index is 560. The topological polar surface area (TPSA) is 67.0 Å². The second-order valence-corrected chi connectivity index (χ2v) is 4.53. The number of nitrogens with one attached hydrogen (secondary N) is 2. The lowest BCUT2D eigenvalue weighted by Crippen LogP contribution is -2.28. The zero-order valence-electron chi connectivity index (χ0n) is 9.82. The molecule has 0 fully saturated rings. The summed E-state index contributed by atoms with van der Waals surface area (Å²) >= 11 is 3.16. The number of H-pyrrole nitrogens is 1. The van der Waals surface area contributed by atoms with E-state index in [0.717, 1.165) is 0 Å². The number of carbonyl (C=O) groups is 1. The number of hydrogen-bond donors (Lipinski definition) is 2. The molecule has 1 aromatic heterocycles. The van der Waals surface area contributed by atoms with Gasteiger partial charge in [-0.1, -0.05) is 0 Å². The van der Waals surface area contributed by atoms with Gasteiger partial charge in [-0.05, 0) is 34.1 Å². The van der Waals surface area contributed by atoms with Gasteiger partial charge in [-0.3, -0.25) is 4.79 Å². The molecule has 0 spiro atoms. The Labute approximate surface area is 117 Å². The van der Waals surface area contributed by atoms with Crippen molar-refractivity contribution in [3.63, 3.8) is 0 Å². The van der Waals surface area contributed by atoms with E-state index in [4.69, 9.17) is 4.74 Å². The zero-order valence-corrected chi connectivity index (χ0v) is 11.4. The first kappa shape index (κ1) is 13.5. The molecule has 2 aromatic rings. The van der Waals surface area contributed by atoms with Crippen LogP contribution in [0.3, 0.4) is 0 Å². The fraction of sp³-hybridized carbons (Fsp3) is 0.167. The van der Waals surface area contributed by atoms with Crippen LogP contribution in [0.15, 0.2) is 35.1 Å². The number of rotatable bonds is 5. The Kier molecular flexibility index (Phi) is 4.51. The standard InChI is InChI=1S/C12H11BrFN3O2/c13-9-5-8(14)1-2-10(9)19-7-12(18)17-6-11-15-3-4-16-11/h1-5H,6-7H2,(H,15,16)(H,17,18). The van der Waals surface area contributed by atoms with Crippen LogP contribution in [0, 0.1) is 5.82 Å². The molecule has 1 heterocycles. The van der Waals surface area contributed by atoms with E-state index in [0.29, 0.717) is 22.6 Å². The van der Waals surface area contributed by atoms with Gasteiger partial charge in [0, 0.05) is 12.4 Å². The maximum absolute atomic E-state index is 12.8. The summed E-state index contributed by atoms with van der Waals surface area (Å²) in [5.74, 6) is 0.417. The molecule has 7 heteroatoms. The number of ether oxygens (including phenoxy) is 1. The predicted molar refractivity (Wildman–Crippen MR) is 70.0 cm³/mol. The van der Waals surface area contributed by atoms with Crippen molar-refractivity contribution in [3.05, 3.63) is 46.7 Å². The van der Waals surface area contributed by atoms with Gasteiger partial charge in [-0.15, -0.1) is 0 Å². The van der Waals surface area contributed by atoms with Crippen LogP contribution in [-0.2, 0) is 11.3 Å². The van der Waals surface area contributed by atoms with Crippen molar-refractivity contribution in [1.82, 2.24) is 15.3 Å². The van der Waals surface area contributed by atoms with Gasteiger partial charge in [0.1, 0.15) is 17.4 Å². The van der Waals surface area contributed by atoms with Crippen molar-refractivity contribution in [2.75, 3.05) is 6.61 Å². The maximum atomic E-state index is 12.8. The fourth-order valence-electron chi connectivity index (χ4n) is 1.36. The molecule has 0 atom stereocenters. The SMILES string of the molecule is O=C(COc1ccc(F)cc1Br)NCc1ncc[nH]1. The summed E-state index contributed by atoms with van der Waals surface area (Å²) in [6, 6.07) is 4.00. The molecule has 0 aliphatic rings. The second kappa shape index (κ2) is 6.33. The summed E-state index contributed by atoms with van der Waals surface area (Å²) in [5.41, 5.74) is 0. The van der Waals surface area contributed by atoms with Crippen LogP contribution in [-0.4, -0.2) is 22.5 Å². The average molecular weight is 328 g/mol. The summed E-state index contributed by atoms with van der Waals surface area (Å²) in [7, 11) is 0. The number of aromatic nitrogens is 2. The first-order valence-corrected chi connectivity index (χ1v) is 6.27. The summed E-state index contributed by atoms with van der Waals surface area (Å²) < 4.78 is 18.6. The number of nitrogens with zero attached hydrogens (tertiary/aromatic N) is 1. The van der Waals surface area contributed by atoms with Crippen LogP contribution < -0.4 is 10.1 Å². The van der Waals surface area contributed by atoms with Gasteiger partial charge >= 0.3 is 0 Å². The Morgan fingerprint density at radius 3 is 3.05 bits per heavy atom. The molecular weight excluding hydrogens is 317 g/mol. The smallest absolute Gasteiger partial charge is 0.258 e. The molecule has 19 heavy (non-hydrogen) atoms. The molecule has 2 rings (SSSR count). The Morgan fingerprint density at radius 1 is 1.53 bits per heavy atom. The van der Waals surface area contributed by atoms with E-state index in [1.165, 1.54) is 18.2 Å². The monoisotopic (exact) mass is 327 g/mol. The van der Waals surface area contributed by atoms with Crippen LogP contribution in [0.4, 0.5) is 4.39 Å². The van der Waals surface area contributed by atoms with Gasteiger partial charge in [0.05, 0.1) is 11.0 Å². The quantitative estimate of drug-likeness (QED) is 0.882. The van der Waals surface area contributed by atoms with E-state index in [1.54, 1.807) is 12.4 Å². The van der Waals surface area contributed by atoms with Crippen molar-refractivity contribution in [2.45, 2.75) is 6.54 Å². The molecule has 0 unspecified atom stereocenters. The van der Waals surface area contributed by atoms with E-state index in [2.05, 4.69) is 31.2 Å². The minimum absolute atomic E-state index is 0.148. The Hall–Kier alpha value is -1.89. The van der Waals surface area contributed by atoms with Gasteiger partial charge in [0.25, 0.3) is 5.91 Å². The van der Waals surface area contributed by atoms with Crippen LogP contribution in [0.25, 0.3) is 0 Å². The first-order chi connectivity index (χ1) is 9.15. The molecule has 0 radical (unpaired) electrons. The number of carbonyl (C=O) groups excluding carboxylic acids is 1. The van der Waals surface area contributed by atoms with Crippen LogP contribution in [0.5, 0.6) is 5.75 Å². The summed E-state index contributed by atoms with van der Waals surface area (Å²) in [4.78, 5) is 18.4. The van der Waals surface area contributed by atoms with E-state index >= 15 is 0 Å². The van der Waals surface area contributed by atoms with Crippen molar-refractivity contribution in [2.24, 2.45) is 0 Å². The molecule has 2 N–H and O–H groups in total. The van der Waals surface area contributed by atoms with Gasteiger partial charge in [0.2, 0.25) is 0 Å². The minimum Gasteiger partial charge on any atom is -0.483 e. The summed E-state index contributed by atoms with van der Waals surface area (Å²) in [6.45, 7) is 0.157. The fourth-order valence-corrected chi connectivity index (χ4v) is 1.83. The average Bonchev–Trinajstić information content (AvgIpc) is 2.88. The minimum atomic E-state index is -0.374. The summed E-state index contributed by atoms with van der Waals surface area (Å²) in [6.07, 6.45) is 3.28. The highest BCUT2D eigenvalue weighted by Gasteiger charge is 2.06. The Morgan fingerprint density at radius 2 is 2.37 bits per heavy atom. The third kappa shape index (κ3) is 4.06. The lowest BCUT2D eigenvalue weighted by molar-refractivity contribution is -0.123. The van der Waals surface area contributed by atoms with E-state index in [1.807, 2.05) is 0 Å². The number of hydrogen-bond acceptors (Lipinski definition) is 3. The van der Waals surface area contributed by atoms with Crippen molar-refractivity contribution in [3.8, 4) is 5.75 Å². The molecule has 5 nitrogen and oxygen atoms in total. The zero-order chi connectivity index (χ0) is 13.7.